The SMILES string of the molecule is CCCCCC(C#N)CCCc1ccccc1C(C)(c1ccccc1CCCC(C#N)CCCCC)c1ccccc1CCCC(C#N)CCCCC. The summed E-state index contributed by atoms with van der Waals surface area (Å²) in [5.41, 5.74) is 7.75. The number of aryl methyl sites for hydroxylation is 3. The first kappa shape index (κ1) is 43.5. The summed E-state index contributed by atoms with van der Waals surface area (Å²) in [7, 11) is 0. The first-order chi connectivity index (χ1) is 26.0. The molecule has 3 rings (SSSR count). The standard InChI is InChI=1S/C50H69N3/c1-5-8-11-23-41(38-51)26-20-32-44-29-14-17-35-47(44)50(4,48-36-18-15-30-45(48)33-21-27-42(39-52)24-12-9-6-2)49-37-19-16-31-46(49)34-22-28-43(40-53)25-13-10-7-3/h14-19,29-31,35-37,41-43H,5-13,20-28,32-34H2,1-4H3. The van der Waals surface area contributed by atoms with Gasteiger partial charge in [-0.05, 0) is 117 Å². The molecule has 0 spiro atoms. The molecule has 0 aliphatic rings. The fourth-order valence-corrected chi connectivity index (χ4v) is 8.47. The average molecular weight is 712 g/mol. The molecule has 0 aromatic heterocycles. The van der Waals surface area contributed by atoms with E-state index in [1.165, 1.54) is 71.9 Å². The molecule has 0 fully saturated rings. The molecule has 3 nitrogen and oxygen atoms in total. The fourth-order valence-electron chi connectivity index (χ4n) is 8.47. The van der Waals surface area contributed by atoms with E-state index in [4.69, 9.17) is 0 Å². The van der Waals surface area contributed by atoms with Crippen LogP contribution >= 0.6 is 0 Å². The third kappa shape index (κ3) is 13.8. The van der Waals surface area contributed by atoms with Crippen molar-refractivity contribution in [3.8, 4) is 18.2 Å². The van der Waals surface area contributed by atoms with Gasteiger partial charge < -0.3 is 0 Å². The summed E-state index contributed by atoms with van der Waals surface area (Å²) < 4.78 is 0. The molecule has 3 unspecified atom stereocenters. The van der Waals surface area contributed by atoms with E-state index >= 15 is 0 Å². The molecule has 284 valence electrons. The van der Waals surface area contributed by atoms with E-state index in [0.29, 0.717) is 0 Å². The van der Waals surface area contributed by atoms with Crippen LogP contribution in [0.5, 0.6) is 0 Å². The highest BCUT2D eigenvalue weighted by Crippen LogP contribution is 2.44. The zero-order valence-electron chi connectivity index (χ0n) is 33.9. The van der Waals surface area contributed by atoms with Gasteiger partial charge in [-0.1, -0.05) is 151 Å². The molecule has 3 heteroatoms. The molecule has 0 bridgehead atoms. The number of nitrogens with zero attached hydrogens (tertiary/aromatic N) is 3. The van der Waals surface area contributed by atoms with Crippen LogP contribution in [0, 0.1) is 51.7 Å². The minimum absolute atomic E-state index is 0.125. The normalized spacial score (nSPS) is 14.0. The van der Waals surface area contributed by atoms with Gasteiger partial charge in [-0.25, -0.2) is 0 Å². The molecular weight excluding hydrogens is 643 g/mol. The van der Waals surface area contributed by atoms with E-state index in [-0.39, 0.29) is 17.8 Å². The van der Waals surface area contributed by atoms with Gasteiger partial charge in [0.05, 0.1) is 18.2 Å². The highest BCUT2D eigenvalue weighted by Gasteiger charge is 2.36. The molecule has 0 N–H and O–H groups in total. The van der Waals surface area contributed by atoms with Crippen molar-refractivity contribution in [3.63, 3.8) is 0 Å². The molecule has 3 aromatic rings. The Bertz CT molecular complexity index is 1400. The number of unbranched alkanes of at least 4 members (excludes halogenated alkanes) is 6. The van der Waals surface area contributed by atoms with Crippen LogP contribution in [0.1, 0.15) is 177 Å². The maximum atomic E-state index is 9.93. The lowest BCUT2D eigenvalue weighted by Crippen LogP contribution is -2.30. The smallest absolute Gasteiger partial charge is 0.0655 e. The van der Waals surface area contributed by atoms with Crippen LogP contribution in [-0.4, -0.2) is 0 Å². The maximum absolute atomic E-state index is 9.93. The molecule has 0 saturated heterocycles. The van der Waals surface area contributed by atoms with Crippen molar-refractivity contribution in [1.29, 1.82) is 15.8 Å². The van der Waals surface area contributed by atoms with Crippen molar-refractivity contribution < 1.29 is 0 Å². The molecule has 0 heterocycles. The van der Waals surface area contributed by atoms with Crippen molar-refractivity contribution in [2.45, 2.75) is 168 Å². The lowest BCUT2D eigenvalue weighted by atomic mass is 9.66. The van der Waals surface area contributed by atoms with Crippen LogP contribution in [0.2, 0.25) is 0 Å². The van der Waals surface area contributed by atoms with Crippen molar-refractivity contribution >= 4 is 0 Å². The lowest BCUT2D eigenvalue weighted by molar-refractivity contribution is 0.497. The minimum atomic E-state index is -0.398. The van der Waals surface area contributed by atoms with Crippen molar-refractivity contribution in [2.24, 2.45) is 17.8 Å². The number of hydrogen-bond donors (Lipinski definition) is 0. The molecule has 0 amide bonds. The quantitative estimate of drug-likeness (QED) is 0.0584. The van der Waals surface area contributed by atoms with Gasteiger partial charge in [-0.15, -0.1) is 0 Å². The van der Waals surface area contributed by atoms with Gasteiger partial charge in [0, 0.05) is 23.2 Å². The Hall–Kier alpha value is -3.87. The highest BCUT2D eigenvalue weighted by molar-refractivity contribution is 5.56. The van der Waals surface area contributed by atoms with Crippen LogP contribution in [0.3, 0.4) is 0 Å². The van der Waals surface area contributed by atoms with Gasteiger partial charge in [0.25, 0.3) is 0 Å². The summed E-state index contributed by atoms with van der Waals surface area (Å²) in [6.07, 6.45) is 22.2. The monoisotopic (exact) mass is 712 g/mol. The van der Waals surface area contributed by atoms with Gasteiger partial charge in [0.1, 0.15) is 0 Å². The highest BCUT2D eigenvalue weighted by atomic mass is 14.4. The van der Waals surface area contributed by atoms with Crippen LogP contribution in [-0.2, 0) is 24.7 Å². The molecular formula is C50H69N3. The topological polar surface area (TPSA) is 71.4 Å². The first-order valence-corrected chi connectivity index (χ1v) is 21.4. The Morgan fingerprint density at radius 3 is 0.943 bits per heavy atom. The van der Waals surface area contributed by atoms with Gasteiger partial charge in [-0.3, -0.25) is 0 Å². The molecule has 0 saturated carbocycles. The van der Waals surface area contributed by atoms with E-state index < -0.39 is 5.41 Å². The zero-order valence-corrected chi connectivity index (χ0v) is 33.9. The van der Waals surface area contributed by atoms with E-state index in [1.54, 1.807) is 0 Å². The Morgan fingerprint density at radius 2 is 0.679 bits per heavy atom. The summed E-state index contributed by atoms with van der Waals surface area (Å²) in [6.45, 7) is 9.11. The Morgan fingerprint density at radius 1 is 0.415 bits per heavy atom. The summed E-state index contributed by atoms with van der Waals surface area (Å²) in [5.74, 6) is 0.375. The number of benzene rings is 3. The Balaban J connectivity index is 2.02. The van der Waals surface area contributed by atoms with E-state index in [9.17, 15) is 15.8 Å². The Labute approximate surface area is 324 Å². The van der Waals surface area contributed by atoms with Crippen molar-refractivity contribution in [1.82, 2.24) is 0 Å². The number of rotatable bonds is 27. The molecule has 0 radical (unpaired) electrons. The zero-order chi connectivity index (χ0) is 38.2. The summed E-state index contributed by atoms with van der Waals surface area (Å²) in [4.78, 5) is 0. The van der Waals surface area contributed by atoms with Crippen molar-refractivity contribution in [2.75, 3.05) is 0 Å². The second-order valence-electron chi connectivity index (χ2n) is 15.7. The second kappa shape index (κ2) is 25.2. The number of nitriles is 3. The first-order valence-electron chi connectivity index (χ1n) is 21.4. The molecule has 3 aromatic carbocycles. The third-order valence-corrected chi connectivity index (χ3v) is 11.7. The summed E-state index contributed by atoms with van der Waals surface area (Å²) in [5, 5.41) is 29.8. The second-order valence-corrected chi connectivity index (χ2v) is 15.7. The number of hydrogen-bond acceptors (Lipinski definition) is 3. The fraction of sp³-hybridized carbons (Fsp3) is 0.580. The largest absolute Gasteiger partial charge is 0.198 e. The summed E-state index contributed by atoms with van der Waals surface area (Å²) in [6, 6.07) is 35.0. The molecule has 53 heavy (non-hydrogen) atoms. The molecule has 0 aliphatic heterocycles. The lowest BCUT2D eigenvalue weighted by Gasteiger charge is -2.37. The van der Waals surface area contributed by atoms with Crippen LogP contribution in [0.4, 0.5) is 0 Å². The predicted octanol–water partition coefficient (Wildman–Crippen LogP) is 14.2. The average Bonchev–Trinajstić information content (AvgIpc) is 3.19. The Kier molecular flexibility index (Phi) is 20.7. The van der Waals surface area contributed by atoms with E-state index in [0.717, 1.165) is 96.3 Å². The third-order valence-electron chi connectivity index (χ3n) is 11.7. The summed E-state index contributed by atoms with van der Waals surface area (Å²) >= 11 is 0. The van der Waals surface area contributed by atoms with Crippen LogP contribution < -0.4 is 0 Å². The van der Waals surface area contributed by atoms with E-state index in [2.05, 4.69) is 119 Å². The molecule has 3 atom stereocenters. The molecule has 0 aliphatic carbocycles. The van der Waals surface area contributed by atoms with Gasteiger partial charge in [0.15, 0.2) is 0 Å². The van der Waals surface area contributed by atoms with Crippen LogP contribution in [0.25, 0.3) is 0 Å². The van der Waals surface area contributed by atoms with Gasteiger partial charge >= 0.3 is 0 Å². The minimum Gasteiger partial charge on any atom is -0.198 e. The van der Waals surface area contributed by atoms with E-state index in [1.807, 2.05) is 0 Å². The maximum Gasteiger partial charge on any atom is 0.0655 e. The van der Waals surface area contributed by atoms with Crippen LogP contribution in [0.15, 0.2) is 72.8 Å². The predicted molar refractivity (Wildman–Crippen MR) is 223 cm³/mol. The van der Waals surface area contributed by atoms with Gasteiger partial charge in [-0.2, -0.15) is 15.8 Å². The van der Waals surface area contributed by atoms with Crippen molar-refractivity contribution in [3.05, 3.63) is 106 Å². The van der Waals surface area contributed by atoms with Gasteiger partial charge in [0.2, 0.25) is 0 Å².